The Morgan fingerprint density at radius 2 is 2.06 bits per heavy atom. The minimum Gasteiger partial charge on any atom is -0.378 e. The molecule has 2 aromatic carbocycles. The van der Waals surface area contributed by atoms with Gasteiger partial charge in [-0.05, 0) is 26.0 Å². The topological polar surface area (TPSA) is 127 Å². The fraction of sp³-hybridized carbons (Fsp3) is 0.217. The Bertz CT molecular complexity index is 1190. The Kier molecular flexibility index (Phi) is 8.52. The first-order valence-corrected chi connectivity index (χ1v) is 11.3. The van der Waals surface area contributed by atoms with E-state index in [0.717, 1.165) is 11.5 Å². The number of amides is 1. The third-order valence-corrected chi connectivity index (χ3v) is 5.81. The number of nitrogens with one attached hydrogen (secondary N) is 2. The average Bonchev–Trinajstić information content (AvgIpc) is 3.20. The number of aromatic nitrogens is 3. The Morgan fingerprint density at radius 1 is 1.29 bits per heavy atom. The van der Waals surface area contributed by atoms with Crippen LogP contribution >= 0.6 is 11.8 Å². The van der Waals surface area contributed by atoms with Crippen molar-refractivity contribution in [2.75, 3.05) is 5.32 Å². The third-order valence-electron chi connectivity index (χ3n) is 4.73. The van der Waals surface area contributed by atoms with E-state index in [-0.39, 0.29) is 11.6 Å². The van der Waals surface area contributed by atoms with Crippen molar-refractivity contribution in [2.45, 2.75) is 37.3 Å². The number of carbonyl (C=O) groups excluding carboxylic acids is 1. The maximum absolute atomic E-state index is 12.5. The monoisotopic (exact) mass is 479 g/mol. The lowest BCUT2D eigenvalue weighted by molar-refractivity contribution is -0.384. The SMILES string of the molecule is C=CCn1c(CNc2ccc(C)cc2)nnc1SC(C)C(=O)N/N=C/c1cccc([N+](=O)[O-])c1. The van der Waals surface area contributed by atoms with Crippen LogP contribution in [-0.4, -0.2) is 37.1 Å². The van der Waals surface area contributed by atoms with E-state index in [2.05, 4.69) is 32.6 Å². The van der Waals surface area contributed by atoms with Crippen molar-refractivity contribution in [3.8, 4) is 0 Å². The molecule has 1 atom stereocenters. The molecule has 1 heterocycles. The van der Waals surface area contributed by atoms with Gasteiger partial charge in [-0.2, -0.15) is 5.10 Å². The van der Waals surface area contributed by atoms with E-state index < -0.39 is 10.2 Å². The molecule has 3 rings (SSSR count). The number of hydrazone groups is 1. The van der Waals surface area contributed by atoms with Crippen molar-refractivity contribution in [1.29, 1.82) is 0 Å². The second kappa shape index (κ2) is 11.8. The van der Waals surface area contributed by atoms with Crippen LogP contribution < -0.4 is 10.7 Å². The van der Waals surface area contributed by atoms with E-state index in [1.54, 1.807) is 25.1 Å². The summed E-state index contributed by atoms with van der Waals surface area (Å²) in [6, 6.07) is 14.0. The van der Waals surface area contributed by atoms with E-state index in [1.807, 2.05) is 35.8 Å². The molecule has 0 spiro atoms. The molecule has 0 aliphatic rings. The fourth-order valence-electron chi connectivity index (χ4n) is 2.89. The van der Waals surface area contributed by atoms with Gasteiger partial charge in [0.25, 0.3) is 11.6 Å². The highest BCUT2D eigenvalue weighted by Crippen LogP contribution is 2.23. The summed E-state index contributed by atoms with van der Waals surface area (Å²) in [6.07, 6.45) is 3.11. The first kappa shape index (κ1) is 24.6. The van der Waals surface area contributed by atoms with Crippen LogP contribution in [-0.2, 0) is 17.9 Å². The molecule has 0 bridgehead atoms. The van der Waals surface area contributed by atoms with Crippen LogP contribution in [0.1, 0.15) is 23.9 Å². The van der Waals surface area contributed by atoms with Crippen LogP contribution in [0.15, 0.2) is 71.4 Å². The minimum atomic E-state index is -0.507. The molecule has 176 valence electrons. The quantitative estimate of drug-likeness (QED) is 0.140. The van der Waals surface area contributed by atoms with Crippen LogP contribution in [0.3, 0.4) is 0 Å². The molecule has 10 nitrogen and oxygen atoms in total. The number of anilines is 1. The molecule has 1 aromatic heterocycles. The highest BCUT2D eigenvalue weighted by atomic mass is 32.2. The molecule has 1 amide bonds. The van der Waals surface area contributed by atoms with Crippen molar-refractivity contribution in [3.63, 3.8) is 0 Å². The van der Waals surface area contributed by atoms with Crippen molar-refractivity contribution in [2.24, 2.45) is 5.10 Å². The molecule has 1 unspecified atom stereocenters. The van der Waals surface area contributed by atoms with Gasteiger partial charge in [-0.15, -0.1) is 16.8 Å². The average molecular weight is 480 g/mol. The van der Waals surface area contributed by atoms with Crippen molar-refractivity contribution >= 4 is 35.3 Å². The lowest BCUT2D eigenvalue weighted by Gasteiger charge is -2.12. The Labute approximate surface area is 201 Å². The van der Waals surface area contributed by atoms with Gasteiger partial charge < -0.3 is 9.88 Å². The molecule has 0 fully saturated rings. The number of benzene rings is 2. The van der Waals surface area contributed by atoms with Gasteiger partial charge in [0.1, 0.15) is 0 Å². The van der Waals surface area contributed by atoms with Crippen molar-refractivity contribution < 1.29 is 9.72 Å². The van der Waals surface area contributed by atoms with Crippen LogP contribution in [0.2, 0.25) is 0 Å². The summed E-state index contributed by atoms with van der Waals surface area (Å²) < 4.78 is 1.90. The lowest BCUT2D eigenvalue weighted by Crippen LogP contribution is -2.27. The van der Waals surface area contributed by atoms with Crippen LogP contribution in [0, 0.1) is 17.0 Å². The maximum atomic E-state index is 12.5. The molecule has 0 aliphatic carbocycles. The molecule has 11 heteroatoms. The number of hydrogen-bond donors (Lipinski definition) is 2. The summed E-state index contributed by atoms with van der Waals surface area (Å²) in [5.74, 6) is 0.387. The molecule has 0 aliphatic heterocycles. The van der Waals surface area contributed by atoms with Crippen molar-refractivity contribution in [3.05, 3.63) is 88.3 Å². The van der Waals surface area contributed by atoms with E-state index >= 15 is 0 Å². The van der Waals surface area contributed by atoms with Crippen LogP contribution in [0.4, 0.5) is 11.4 Å². The number of nitrogens with zero attached hydrogens (tertiary/aromatic N) is 5. The molecular formula is C23H25N7O3S. The van der Waals surface area contributed by atoms with Crippen LogP contribution in [0.5, 0.6) is 0 Å². The molecule has 2 N–H and O–H groups in total. The summed E-state index contributed by atoms with van der Waals surface area (Å²) >= 11 is 1.25. The molecule has 3 aromatic rings. The fourth-order valence-corrected chi connectivity index (χ4v) is 3.76. The van der Waals surface area contributed by atoms with E-state index in [9.17, 15) is 14.9 Å². The minimum absolute atomic E-state index is 0.0478. The molecule has 0 saturated heterocycles. The normalized spacial score (nSPS) is 11.8. The first-order valence-electron chi connectivity index (χ1n) is 10.4. The first-order chi connectivity index (χ1) is 16.4. The highest BCUT2D eigenvalue weighted by molar-refractivity contribution is 8.00. The smallest absolute Gasteiger partial charge is 0.270 e. The van der Waals surface area contributed by atoms with Gasteiger partial charge in [0.15, 0.2) is 11.0 Å². The number of non-ortho nitro benzene ring substituents is 1. The highest BCUT2D eigenvalue weighted by Gasteiger charge is 2.19. The number of rotatable bonds is 11. The largest absolute Gasteiger partial charge is 0.378 e. The number of aryl methyl sites for hydroxylation is 1. The second-order valence-electron chi connectivity index (χ2n) is 7.36. The zero-order chi connectivity index (χ0) is 24.5. The van der Waals surface area contributed by atoms with Gasteiger partial charge in [-0.1, -0.05) is 47.7 Å². The second-order valence-corrected chi connectivity index (χ2v) is 8.67. The number of thioether (sulfide) groups is 1. The summed E-state index contributed by atoms with van der Waals surface area (Å²) in [4.78, 5) is 22.9. The van der Waals surface area contributed by atoms with Gasteiger partial charge >= 0.3 is 0 Å². The maximum Gasteiger partial charge on any atom is 0.270 e. The number of carbonyl (C=O) groups is 1. The van der Waals surface area contributed by atoms with Crippen molar-refractivity contribution in [1.82, 2.24) is 20.2 Å². The van der Waals surface area contributed by atoms with Gasteiger partial charge in [0.05, 0.1) is 22.9 Å². The van der Waals surface area contributed by atoms with E-state index in [4.69, 9.17) is 0 Å². The van der Waals surface area contributed by atoms with E-state index in [0.29, 0.717) is 23.8 Å². The molecule has 0 saturated carbocycles. The standard InChI is InChI=1S/C23H25N7O3S/c1-4-12-29-21(15-24-19-10-8-16(2)9-11-19)26-28-23(29)34-17(3)22(31)27-25-14-18-6-5-7-20(13-18)30(32)33/h4-11,13-14,17,24H,1,12,15H2,2-3H3,(H,27,31)/b25-14+. The number of hydrogen-bond acceptors (Lipinski definition) is 8. The summed E-state index contributed by atoms with van der Waals surface area (Å²) in [6.45, 7) is 8.54. The predicted molar refractivity (Wildman–Crippen MR) is 133 cm³/mol. The lowest BCUT2D eigenvalue weighted by atomic mass is 10.2. The zero-order valence-corrected chi connectivity index (χ0v) is 19.7. The Morgan fingerprint density at radius 3 is 2.76 bits per heavy atom. The predicted octanol–water partition coefficient (Wildman–Crippen LogP) is 3.92. The molecule has 34 heavy (non-hydrogen) atoms. The molecular weight excluding hydrogens is 454 g/mol. The third kappa shape index (κ3) is 6.75. The summed E-state index contributed by atoms with van der Waals surface area (Å²) in [5, 5.41) is 26.7. The number of nitro benzene ring substituents is 1. The van der Waals surface area contributed by atoms with Gasteiger partial charge in [-0.3, -0.25) is 14.9 Å². The van der Waals surface area contributed by atoms with Crippen LogP contribution in [0.25, 0.3) is 0 Å². The van der Waals surface area contributed by atoms with Gasteiger partial charge in [0.2, 0.25) is 0 Å². The Hall–Kier alpha value is -3.99. The number of nitro groups is 1. The zero-order valence-electron chi connectivity index (χ0n) is 18.8. The summed E-state index contributed by atoms with van der Waals surface area (Å²) in [7, 11) is 0. The van der Waals surface area contributed by atoms with Gasteiger partial charge in [0, 0.05) is 29.9 Å². The Balaban J connectivity index is 1.60. The van der Waals surface area contributed by atoms with Gasteiger partial charge in [-0.25, -0.2) is 5.43 Å². The molecule has 0 radical (unpaired) electrons. The van der Waals surface area contributed by atoms with E-state index in [1.165, 1.54) is 35.7 Å². The number of allylic oxidation sites excluding steroid dienone is 1. The summed E-state index contributed by atoms with van der Waals surface area (Å²) in [5.41, 5.74) is 5.07.